The van der Waals surface area contributed by atoms with Crippen LogP contribution in [0.5, 0.6) is 0 Å². The first-order valence-corrected chi connectivity index (χ1v) is 9.45. The van der Waals surface area contributed by atoms with E-state index in [9.17, 15) is 22.4 Å². The van der Waals surface area contributed by atoms with Crippen molar-refractivity contribution in [1.82, 2.24) is 4.72 Å². The van der Waals surface area contributed by atoms with Crippen molar-refractivity contribution in [2.75, 3.05) is 17.2 Å². The van der Waals surface area contributed by atoms with Gasteiger partial charge in [0.15, 0.2) is 6.17 Å². The summed E-state index contributed by atoms with van der Waals surface area (Å²) < 4.78 is 44.9. The van der Waals surface area contributed by atoms with Crippen molar-refractivity contribution in [2.45, 2.75) is 18.0 Å². The second-order valence-corrected chi connectivity index (χ2v) is 7.31. The fraction of sp³-hybridized carbons (Fsp3) is 0.176. The highest BCUT2D eigenvalue weighted by molar-refractivity contribution is 7.89. The summed E-state index contributed by atoms with van der Waals surface area (Å²) in [5, 5.41) is 5.16. The van der Waals surface area contributed by atoms with E-state index in [1.54, 1.807) is 6.92 Å². The first-order chi connectivity index (χ1) is 12.8. The number of anilines is 2. The smallest absolute Gasteiger partial charge is 0.338 e. The number of carbonyl (C=O) groups excluding carboxylic acids is 2. The van der Waals surface area contributed by atoms with Crippen molar-refractivity contribution in [3.63, 3.8) is 0 Å². The summed E-state index contributed by atoms with van der Waals surface area (Å²) >= 11 is 0. The van der Waals surface area contributed by atoms with Crippen molar-refractivity contribution in [1.29, 1.82) is 0 Å². The van der Waals surface area contributed by atoms with E-state index in [-0.39, 0.29) is 17.2 Å². The molecule has 1 aliphatic heterocycles. The highest BCUT2D eigenvalue weighted by Gasteiger charge is 2.33. The quantitative estimate of drug-likeness (QED) is 0.681. The maximum atomic E-state index is 13.4. The Hall–Kier alpha value is -2.98. The topological polar surface area (TPSA) is 114 Å². The Morgan fingerprint density at radius 3 is 2.56 bits per heavy atom. The van der Waals surface area contributed by atoms with Crippen LogP contribution in [0.3, 0.4) is 0 Å². The molecule has 3 N–H and O–H groups in total. The van der Waals surface area contributed by atoms with Crippen molar-refractivity contribution in [2.24, 2.45) is 0 Å². The number of benzene rings is 2. The second-order valence-electron chi connectivity index (χ2n) is 5.63. The molecule has 2 aromatic carbocycles. The van der Waals surface area contributed by atoms with Gasteiger partial charge >= 0.3 is 5.97 Å². The average molecular weight is 393 g/mol. The third-order valence-electron chi connectivity index (χ3n) is 3.73. The molecule has 1 atom stereocenters. The van der Waals surface area contributed by atoms with Crippen LogP contribution in [0.4, 0.5) is 15.8 Å². The number of ether oxygens (including phenoxy) is 1. The van der Waals surface area contributed by atoms with E-state index in [0.29, 0.717) is 11.3 Å². The summed E-state index contributed by atoms with van der Waals surface area (Å²) in [4.78, 5) is 23.9. The van der Waals surface area contributed by atoms with Gasteiger partial charge in [0.05, 0.1) is 17.9 Å². The molecule has 27 heavy (non-hydrogen) atoms. The van der Waals surface area contributed by atoms with E-state index < -0.39 is 33.9 Å². The minimum Gasteiger partial charge on any atom is -0.462 e. The van der Waals surface area contributed by atoms with Gasteiger partial charge in [0.1, 0.15) is 10.7 Å². The molecule has 0 radical (unpaired) electrons. The Balaban J connectivity index is 1.74. The zero-order valence-corrected chi connectivity index (χ0v) is 15.0. The number of sulfonamides is 1. The normalized spacial score (nSPS) is 17.3. The number of esters is 1. The molecule has 1 heterocycles. The number of hydrogen-bond donors (Lipinski definition) is 3. The predicted molar refractivity (Wildman–Crippen MR) is 95.2 cm³/mol. The van der Waals surface area contributed by atoms with Crippen LogP contribution in [0.15, 0.2) is 47.4 Å². The second kappa shape index (κ2) is 7.33. The first kappa shape index (κ1) is 18.8. The first-order valence-electron chi connectivity index (χ1n) is 7.96. The third-order valence-corrected chi connectivity index (χ3v) is 5.21. The summed E-state index contributed by atoms with van der Waals surface area (Å²) in [7, 11) is -3.97. The molecule has 0 saturated heterocycles. The molecule has 0 saturated carbocycles. The summed E-state index contributed by atoms with van der Waals surface area (Å²) in [6, 6.07) is 9.04. The van der Waals surface area contributed by atoms with Crippen molar-refractivity contribution < 1.29 is 27.1 Å². The van der Waals surface area contributed by atoms with Crippen LogP contribution in [0.25, 0.3) is 0 Å². The van der Waals surface area contributed by atoms with Crippen LogP contribution in [0, 0.1) is 5.82 Å². The molecule has 10 heteroatoms. The Morgan fingerprint density at radius 1 is 1.19 bits per heavy atom. The SMILES string of the molecule is CCOC(=O)c1ccc(NC(=O)C2Nc3cc(F)ccc3S(=O)(=O)N2)cc1. The summed E-state index contributed by atoms with van der Waals surface area (Å²) in [6.07, 6.45) is -1.32. The van der Waals surface area contributed by atoms with E-state index in [4.69, 9.17) is 4.74 Å². The van der Waals surface area contributed by atoms with Crippen LogP contribution >= 0.6 is 0 Å². The predicted octanol–water partition coefficient (Wildman–Crippen LogP) is 1.67. The lowest BCUT2D eigenvalue weighted by Gasteiger charge is -2.27. The fourth-order valence-electron chi connectivity index (χ4n) is 2.49. The minimum absolute atomic E-state index is 0.00782. The van der Waals surface area contributed by atoms with Gasteiger partial charge in [0.25, 0.3) is 5.91 Å². The van der Waals surface area contributed by atoms with Gasteiger partial charge in [0.2, 0.25) is 10.0 Å². The van der Waals surface area contributed by atoms with Crippen molar-refractivity contribution >= 4 is 33.3 Å². The van der Waals surface area contributed by atoms with Gasteiger partial charge < -0.3 is 15.4 Å². The molecule has 0 spiro atoms. The summed E-state index contributed by atoms with van der Waals surface area (Å²) in [5.41, 5.74) is 0.654. The van der Waals surface area contributed by atoms with Gasteiger partial charge in [0, 0.05) is 5.69 Å². The number of carbonyl (C=O) groups is 2. The molecular weight excluding hydrogens is 377 g/mol. The Kier molecular flexibility index (Phi) is 5.10. The highest BCUT2D eigenvalue weighted by atomic mass is 32.2. The van der Waals surface area contributed by atoms with E-state index >= 15 is 0 Å². The average Bonchev–Trinajstić information content (AvgIpc) is 2.61. The molecule has 8 nitrogen and oxygen atoms in total. The van der Waals surface area contributed by atoms with Gasteiger partial charge in [-0.1, -0.05) is 0 Å². The molecule has 1 amide bonds. The summed E-state index contributed by atoms with van der Waals surface area (Å²) in [6.45, 7) is 1.93. The number of amides is 1. The number of nitrogens with one attached hydrogen (secondary N) is 3. The Labute approximate surface area is 154 Å². The lowest BCUT2D eigenvalue weighted by atomic mass is 10.2. The van der Waals surface area contributed by atoms with Crippen LogP contribution in [0.2, 0.25) is 0 Å². The maximum absolute atomic E-state index is 13.4. The molecule has 0 aromatic heterocycles. The zero-order chi connectivity index (χ0) is 19.6. The molecular formula is C17H16FN3O5S. The van der Waals surface area contributed by atoms with E-state index in [1.165, 1.54) is 24.3 Å². The van der Waals surface area contributed by atoms with Gasteiger partial charge in [-0.05, 0) is 49.4 Å². The molecule has 2 aromatic rings. The molecule has 142 valence electrons. The Morgan fingerprint density at radius 2 is 1.89 bits per heavy atom. The molecule has 0 fully saturated rings. The van der Waals surface area contributed by atoms with Gasteiger partial charge in [-0.2, -0.15) is 4.72 Å². The monoisotopic (exact) mass is 393 g/mol. The van der Waals surface area contributed by atoms with E-state index in [2.05, 4.69) is 15.4 Å². The van der Waals surface area contributed by atoms with Crippen molar-refractivity contribution in [3.05, 3.63) is 53.8 Å². The number of halogens is 1. The third kappa shape index (κ3) is 4.07. The van der Waals surface area contributed by atoms with Gasteiger partial charge in [-0.15, -0.1) is 0 Å². The van der Waals surface area contributed by atoms with Crippen molar-refractivity contribution in [3.8, 4) is 0 Å². The van der Waals surface area contributed by atoms with E-state index in [0.717, 1.165) is 18.2 Å². The molecule has 0 aliphatic carbocycles. The summed E-state index contributed by atoms with van der Waals surface area (Å²) in [5.74, 6) is -1.82. The largest absolute Gasteiger partial charge is 0.462 e. The fourth-order valence-corrected chi connectivity index (χ4v) is 3.75. The van der Waals surface area contributed by atoms with Gasteiger partial charge in [-0.3, -0.25) is 4.79 Å². The standard InChI is InChI=1S/C17H16FN3O5S/c1-2-26-17(23)10-3-6-12(7-4-10)19-16(22)15-20-13-9-11(18)5-8-14(13)27(24,25)21-15/h3-9,15,20-21H,2H2,1H3,(H,19,22). The molecule has 3 rings (SSSR count). The van der Waals surface area contributed by atoms with Crippen LogP contribution < -0.4 is 15.4 Å². The molecule has 1 aliphatic rings. The molecule has 1 unspecified atom stereocenters. The van der Waals surface area contributed by atoms with E-state index in [1.807, 2.05) is 0 Å². The van der Waals surface area contributed by atoms with Crippen LogP contribution in [-0.2, 0) is 19.6 Å². The Bertz CT molecular complexity index is 992. The molecule has 0 bridgehead atoms. The minimum atomic E-state index is -3.97. The highest BCUT2D eigenvalue weighted by Crippen LogP contribution is 2.27. The zero-order valence-electron chi connectivity index (χ0n) is 14.2. The van der Waals surface area contributed by atoms with Gasteiger partial charge in [-0.25, -0.2) is 17.6 Å². The lowest BCUT2D eigenvalue weighted by molar-refractivity contribution is -0.117. The number of fused-ring (bicyclic) bond motifs is 1. The van der Waals surface area contributed by atoms with Crippen LogP contribution in [-0.4, -0.2) is 33.1 Å². The maximum Gasteiger partial charge on any atom is 0.338 e. The number of rotatable bonds is 4. The number of hydrogen-bond acceptors (Lipinski definition) is 6. The lowest BCUT2D eigenvalue weighted by Crippen LogP contribution is -2.51. The van der Waals surface area contributed by atoms with Crippen LogP contribution in [0.1, 0.15) is 17.3 Å².